The molecule has 6 nitrogen and oxygen atoms in total. The zero-order valence-electron chi connectivity index (χ0n) is 14.5. The van der Waals surface area contributed by atoms with Gasteiger partial charge in [0, 0.05) is 63.1 Å². The Morgan fingerprint density at radius 2 is 2.29 bits per heavy atom. The summed E-state index contributed by atoms with van der Waals surface area (Å²) in [6.07, 6.45) is 1.95. The first-order valence-electron chi connectivity index (χ1n) is 8.34. The van der Waals surface area contributed by atoms with Crippen molar-refractivity contribution in [3.8, 4) is 0 Å². The molecule has 0 bridgehead atoms. The van der Waals surface area contributed by atoms with Crippen LogP contribution in [0.15, 0.2) is 30.5 Å². The number of piperazine rings is 1. The second-order valence-electron chi connectivity index (χ2n) is 6.27. The average Bonchev–Trinajstić information content (AvgIpc) is 2.93. The molecule has 2 aromatic rings. The van der Waals surface area contributed by atoms with Crippen LogP contribution in [0, 0.1) is 6.92 Å². The minimum atomic E-state index is -0.0460. The lowest BCUT2D eigenvalue weighted by Gasteiger charge is -2.36. The standard InChI is InChI=1S/C18H25N5O/c1-13-16(10-21-22(13)3)12-23-8-7-20-11-17(23)14-5-4-6-15(9-14)18(24)19-2/h4-6,9-10,17,20H,7-8,11-12H2,1-3H3,(H,19,24)/t17-/m0/s1. The lowest BCUT2D eigenvalue weighted by molar-refractivity contribution is 0.0962. The largest absolute Gasteiger partial charge is 0.355 e. The van der Waals surface area contributed by atoms with Gasteiger partial charge < -0.3 is 10.6 Å². The Kier molecular flexibility index (Phi) is 4.97. The van der Waals surface area contributed by atoms with Crippen molar-refractivity contribution in [3.63, 3.8) is 0 Å². The molecule has 0 unspecified atom stereocenters. The first-order chi connectivity index (χ1) is 11.6. The Morgan fingerprint density at radius 1 is 1.46 bits per heavy atom. The van der Waals surface area contributed by atoms with Crippen LogP contribution in [0.2, 0.25) is 0 Å². The number of rotatable bonds is 4. The monoisotopic (exact) mass is 327 g/mol. The summed E-state index contributed by atoms with van der Waals surface area (Å²) in [5.74, 6) is -0.0460. The highest BCUT2D eigenvalue weighted by Gasteiger charge is 2.25. The molecular formula is C18H25N5O. The van der Waals surface area contributed by atoms with E-state index in [1.54, 1.807) is 7.05 Å². The van der Waals surface area contributed by atoms with E-state index in [0.29, 0.717) is 5.56 Å². The van der Waals surface area contributed by atoms with E-state index in [-0.39, 0.29) is 11.9 Å². The number of aryl methyl sites for hydroxylation is 1. The number of nitrogens with one attached hydrogen (secondary N) is 2. The first kappa shape index (κ1) is 16.7. The Labute approximate surface area is 142 Å². The molecule has 0 spiro atoms. The summed E-state index contributed by atoms with van der Waals surface area (Å²) in [6, 6.07) is 8.17. The number of aromatic nitrogens is 2. The third kappa shape index (κ3) is 3.34. The van der Waals surface area contributed by atoms with Crippen molar-refractivity contribution in [2.45, 2.75) is 19.5 Å². The van der Waals surface area contributed by atoms with Gasteiger partial charge in [0.05, 0.1) is 6.20 Å². The van der Waals surface area contributed by atoms with E-state index < -0.39 is 0 Å². The second-order valence-corrected chi connectivity index (χ2v) is 6.27. The van der Waals surface area contributed by atoms with E-state index in [2.05, 4.69) is 33.6 Å². The van der Waals surface area contributed by atoms with Crippen molar-refractivity contribution in [2.75, 3.05) is 26.7 Å². The van der Waals surface area contributed by atoms with Gasteiger partial charge in [-0.1, -0.05) is 12.1 Å². The molecule has 2 N–H and O–H groups in total. The second kappa shape index (κ2) is 7.15. The summed E-state index contributed by atoms with van der Waals surface area (Å²) in [7, 11) is 3.63. The van der Waals surface area contributed by atoms with E-state index in [9.17, 15) is 4.79 Å². The molecule has 3 rings (SSSR count). The van der Waals surface area contributed by atoms with Crippen LogP contribution >= 0.6 is 0 Å². The van der Waals surface area contributed by atoms with Gasteiger partial charge in [0.1, 0.15) is 0 Å². The lowest BCUT2D eigenvalue weighted by Crippen LogP contribution is -2.45. The maximum absolute atomic E-state index is 11.9. The highest BCUT2D eigenvalue weighted by Crippen LogP contribution is 2.25. The van der Waals surface area contributed by atoms with Gasteiger partial charge in [-0.2, -0.15) is 5.10 Å². The summed E-state index contributed by atoms with van der Waals surface area (Å²) >= 11 is 0. The third-order valence-corrected chi connectivity index (χ3v) is 4.83. The van der Waals surface area contributed by atoms with Crippen LogP contribution in [-0.4, -0.2) is 47.3 Å². The fourth-order valence-electron chi connectivity index (χ4n) is 3.21. The fraction of sp³-hybridized carbons (Fsp3) is 0.444. The number of hydrogen-bond acceptors (Lipinski definition) is 4. The molecule has 1 aromatic carbocycles. The van der Waals surface area contributed by atoms with Gasteiger partial charge in [-0.25, -0.2) is 0 Å². The molecule has 24 heavy (non-hydrogen) atoms. The first-order valence-corrected chi connectivity index (χ1v) is 8.34. The molecule has 0 radical (unpaired) electrons. The Hall–Kier alpha value is -2.18. The van der Waals surface area contributed by atoms with Gasteiger partial charge in [0.15, 0.2) is 0 Å². The quantitative estimate of drug-likeness (QED) is 0.887. The van der Waals surface area contributed by atoms with Crippen molar-refractivity contribution < 1.29 is 4.79 Å². The maximum Gasteiger partial charge on any atom is 0.251 e. The van der Waals surface area contributed by atoms with Crippen LogP contribution in [0.5, 0.6) is 0 Å². The Morgan fingerprint density at radius 3 is 3.00 bits per heavy atom. The van der Waals surface area contributed by atoms with Gasteiger partial charge in [0.25, 0.3) is 5.91 Å². The molecule has 0 aliphatic carbocycles. The molecule has 1 atom stereocenters. The third-order valence-electron chi connectivity index (χ3n) is 4.83. The number of carbonyl (C=O) groups excluding carboxylic acids is 1. The SMILES string of the molecule is CNC(=O)c1cccc([C@@H]2CNCCN2Cc2cnn(C)c2C)c1. The molecule has 1 fully saturated rings. The summed E-state index contributed by atoms with van der Waals surface area (Å²) < 4.78 is 1.92. The van der Waals surface area contributed by atoms with Gasteiger partial charge in [-0.05, 0) is 24.6 Å². The Bertz CT molecular complexity index is 724. The van der Waals surface area contributed by atoms with Crippen molar-refractivity contribution in [1.29, 1.82) is 0 Å². The molecular weight excluding hydrogens is 302 g/mol. The summed E-state index contributed by atoms with van der Waals surface area (Å²) in [4.78, 5) is 14.4. The minimum Gasteiger partial charge on any atom is -0.355 e. The summed E-state index contributed by atoms with van der Waals surface area (Å²) in [6.45, 7) is 5.81. The molecule has 1 aromatic heterocycles. The van der Waals surface area contributed by atoms with Crippen molar-refractivity contribution in [2.24, 2.45) is 7.05 Å². The highest BCUT2D eigenvalue weighted by molar-refractivity contribution is 5.94. The van der Waals surface area contributed by atoms with Gasteiger partial charge >= 0.3 is 0 Å². The van der Waals surface area contributed by atoms with Crippen LogP contribution in [-0.2, 0) is 13.6 Å². The molecule has 128 valence electrons. The van der Waals surface area contributed by atoms with Crippen LogP contribution in [0.25, 0.3) is 0 Å². The Balaban J connectivity index is 1.84. The number of benzene rings is 1. The molecule has 0 saturated carbocycles. The van der Waals surface area contributed by atoms with Crippen molar-refractivity contribution in [1.82, 2.24) is 25.3 Å². The van der Waals surface area contributed by atoms with Crippen LogP contribution in [0.4, 0.5) is 0 Å². The normalized spacial score (nSPS) is 18.5. The minimum absolute atomic E-state index is 0.0460. The van der Waals surface area contributed by atoms with Crippen LogP contribution in [0.3, 0.4) is 0 Å². The van der Waals surface area contributed by atoms with E-state index >= 15 is 0 Å². The van der Waals surface area contributed by atoms with E-state index in [4.69, 9.17) is 0 Å². The van der Waals surface area contributed by atoms with Crippen LogP contribution < -0.4 is 10.6 Å². The van der Waals surface area contributed by atoms with Gasteiger partial charge in [0.2, 0.25) is 0 Å². The maximum atomic E-state index is 11.9. The van der Waals surface area contributed by atoms with Crippen LogP contribution in [0.1, 0.15) is 33.2 Å². The predicted molar refractivity (Wildman–Crippen MR) is 93.8 cm³/mol. The number of carbonyl (C=O) groups is 1. The molecule has 6 heteroatoms. The summed E-state index contributed by atoms with van der Waals surface area (Å²) in [5.41, 5.74) is 4.33. The van der Waals surface area contributed by atoms with E-state index in [0.717, 1.165) is 26.2 Å². The molecule has 1 aliphatic heterocycles. The average molecular weight is 327 g/mol. The molecule has 1 saturated heterocycles. The smallest absolute Gasteiger partial charge is 0.251 e. The number of nitrogens with zero attached hydrogens (tertiary/aromatic N) is 3. The van der Waals surface area contributed by atoms with E-state index in [1.807, 2.05) is 36.1 Å². The molecule has 1 aliphatic rings. The van der Waals surface area contributed by atoms with Gasteiger partial charge in [-0.3, -0.25) is 14.4 Å². The lowest BCUT2D eigenvalue weighted by atomic mass is 10.00. The zero-order valence-corrected chi connectivity index (χ0v) is 14.5. The predicted octanol–water partition coefficient (Wildman–Crippen LogP) is 1.23. The van der Waals surface area contributed by atoms with Crippen molar-refractivity contribution >= 4 is 5.91 Å². The molecule has 2 heterocycles. The van der Waals surface area contributed by atoms with E-state index in [1.165, 1.54) is 16.8 Å². The summed E-state index contributed by atoms with van der Waals surface area (Å²) in [5, 5.41) is 10.5. The van der Waals surface area contributed by atoms with Crippen molar-refractivity contribution in [3.05, 3.63) is 52.8 Å². The highest BCUT2D eigenvalue weighted by atomic mass is 16.1. The topological polar surface area (TPSA) is 62.2 Å². The fourth-order valence-corrected chi connectivity index (χ4v) is 3.21. The number of hydrogen-bond donors (Lipinski definition) is 2. The zero-order chi connectivity index (χ0) is 17.1. The van der Waals surface area contributed by atoms with Gasteiger partial charge in [-0.15, -0.1) is 0 Å². The number of amides is 1. The molecule has 1 amide bonds.